The van der Waals surface area contributed by atoms with Crippen molar-refractivity contribution in [2.75, 3.05) is 42.1 Å². The summed E-state index contributed by atoms with van der Waals surface area (Å²) in [5, 5.41) is 6.76. The van der Waals surface area contributed by atoms with Gasteiger partial charge in [-0.1, -0.05) is 35.9 Å². The topological polar surface area (TPSA) is 85.2 Å². The lowest BCUT2D eigenvalue weighted by Crippen LogP contribution is -2.48. The first-order valence-electron chi connectivity index (χ1n) is 12.2. The van der Waals surface area contributed by atoms with Gasteiger partial charge < -0.3 is 15.1 Å². The second kappa shape index (κ2) is 11.3. The molecule has 2 heterocycles. The van der Waals surface area contributed by atoms with Crippen LogP contribution in [0.2, 0.25) is 0 Å². The van der Waals surface area contributed by atoms with E-state index in [1.54, 1.807) is 6.33 Å². The van der Waals surface area contributed by atoms with Crippen LogP contribution in [-0.4, -0.2) is 58.7 Å². The minimum Gasteiger partial charge on any atom is -0.368 e. The van der Waals surface area contributed by atoms with Gasteiger partial charge in [0.25, 0.3) is 5.91 Å². The number of hydrogen-bond acceptors (Lipinski definition) is 5. The van der Waals surface area contributed by atoms with Crippen LogP contribution in [0, 0.1) is 6.92 Å². The normalized spacial score (nSPS) is 13.4. The fraction of sp³-hybridized carbons (Fsp3) is 0.214. The van der Waals surface area contributed by atoms with E-state index in [9.17, 15) is 9.59 Å². The molecular weight excluding hydrogens is 484 g/mol. The number of thioether (sulfide) groups is 1. The molecule has 1 aliphatic rings. The number of aryl methyl sites for hydroxylation is 1. The summed E-state index contributed by atoms with van der Waals surface area (Å²) in [7, 11) is 0. The summed E-state index contributed by atoms with van der Waals surface area (Å²) >= 11 is 1.37. The lowest BCUT2D eigenvalue weighted by molar-refractivity contribution is -0.694. The summed E-state index contributed by atoms with van der Waals surface area (Å²) in [5.41, 5.74) is 4.62. The van der Waals surface area contributed by atoms with E-state index in [0.29, 0.717) is 13.1 Å². The van der Waals surface area contributed by atoms with E-state index in [-0.39, 0.29) is 17.6 Å². The van der Waals surface area contributed by atoms with Crippen molar-refractivity contribution < 1.29 is 14.3 Å². The molecule has 0 aliphatic carbocycles. The SMILES string of the molecule is Cc1cccc(C(=O)N2CCN(c3ccc(NC(=O)CSc4nc[nH][n+]4-c4ccccc4)cc3)CC2)c1. The number of anilines is 2. The number of carbonyl (C=O) groups is 2. The van der Waals surface area contributed by atoms with E-state index in [2.05, 4.69) is 20.3 Å². The van der Waals surface area contributed by atoms with E-state index in [1.165, 1.54) is 11.8 Å². The molecule has 0 atom stereocenters. The lowest BCUT2D eigenvalue weighted by atomic mass is 10.1. The van der Waals surface area contributed by atoms with Crippen LogP contribution >= 0.6 is 11.8 Å². The number of aromatic nitrogens is 3. The molecule has 4 aromatic rings. The Morgan fingerprint density at radius 2 is 1.73 bits per heavy atom. The number of hydrogen-bond donors (Lipinski definition) is 2. The van der Waals surface area contributed by atoms with Crippen LogP contribution in [0.3, 0.4) is 0 Å². The van der Waals surface area contributed by atoms with Gasteiger partial charge >= 0.3 is 5.16 Å². The van der Waals surface area contributed by atoms with E-state index in [4.69, 9.17) is 0 Å². The minimum absolute atomic E-state index is 0.0865. The zero-order valence-electron chi connectivity index (χ0n) is 20.6. The fourth-order valence-corrected chi connectivity index (χ4v) is 5.08. The van der Waals surface area contributed by atoms with Gasteiger partial charge in [-0.3, -0.25) is 9.59 Å². The van der Waals surface area contributed by atoms with E-state index >= 15 is 0 Å². The van der Waals surface area contributed by atoms with E-state index < -0.39 is 0 Å². The number of H-pyrrole nitrogens is 1. The van der Waals surface area contributed by atoms with Crippen LogP contribution in [0.4, 0.5) is 11.4 Å². The van der Waals surface area contributed by atoms with Crippen molar-refractivity contribution in [2.24, 2.45) is 0 Å². The number of piperazine rings is 1. The number of aromatic amines is 1. The van der Waals surface area contributed by atoms with Crippen LogP contribution in [-0.2, 0) is 4.79 Å². The Balaban J connectivity index is 1.11. The zero-order chi connectivity index (χ0) is 25.6. The minimum atomic E-state index is -0.0939. The van der Waals surface area contributed by atoms with Crippen molar-refractivity contribution in [1.29, 1.82) is 0 Å². The highest BCUT2D eigenvalue weighted by molar-refractivity contribution is 7.99. The third-order valence-corrected chi connectivity index (χ3v) is 7.20. The molecule has 0 bridgehead atoms. The van der Waals surface area contributed by atoms with Gasteiger partial charge in [0.1, 0.15) is 0 Å². The number of nitrogens with zero attached hydrogens (tertiary/aromatic N) is 4. The van der Waals surface area contributed by atoms with Gasteiger partial charge in [-0.25, -0.2) is 0 Å². The summed E-state index contributed by atoms with van der Waals surface area (Å²) in [6.45, 7) is 4.90. The maximum Gasteiger partial charge on any atom is 0.385 e. The number of benzene rings is 3. The first kappa shape index (κ1) is 24.6. The molecule has 9 heteroatoms. The molecule has 0 saturated carbocycles. The predicted molar refractivity (Wildman–Crippen MR) is 145 cm³/mol. The fourth-order valence-electron chi connectivity index (χ4n) is 4.33. The highest BCUT2D eigenvalue weighted by atomic mass is 32.2. The summed E-state index contributed by atoms with van der Waals surface area (Å²) in [6, 6.07) is 25.4. The number of amides is 2. The second-order valence-corrected chi connectivity index (χ2v) is 9.82. The highest BCUT2D eigenvalue weighted by Gasteiger charge is 2.23. The van der Waals surface area contributed by atoms with Crippen molar-refractivity contribution in [2.45, 2.75) is 12.1 Å². The van der Waals surface area contributed by atoms with Gasteiger partial charge in [-0.05, 0) is 72.2 Å². The highest BCUT2D eigenvalue weighted by Crippen LogP contribution is 2.21. The Kier molecular flexibility index (Phi) is 7.51. The van der Waals surface area contributed by atoms with Gasteiger partial charge in [0.15, 0.2) is 5.69 Å². The smallest absolute Gasteiger partial charge is 0.368 e. The standard InChI is InChI=1S/C28H28N6O2S/c1-21-6-5-7-22(18-21)27(36)33-16-14-32(15-17-33)24-12-10-23(11-13-24)31-26(35)19-37-28-29-20-30-34(28)25-8-3-2-4-9-25/h2-13,18,20H,14-17,19H2,1H3,(H,31,35)/p+1. The zero-order valence-corrected chi connectivity index (χ0v) is 21.4. The van der Waals surface area contributed by atoms with Gasteiger partial charge in [0.05, 0.1) is 5.75 Å². The molecule has 1 aromatic heterocycles. The first-order valence-corrected chi connectivity index (χ1v) is 13.2. The molecule has 5 rings (SSSR count). The Morgan fingerprint density at radius 1 is 0.973 bits per heavy atom. The molecule has 1 fully saturated rings. The quantitative estimate of drug-likeness (QED) is 0.291. The van der Waals surface area contributed by atoms with Crippen LogP contribution in [0.25, 0.3) is 5.69 Å². The molecule has 0 radical (unpaired) electrons. The molecule has 37 heavy (non-hydrogen) atoms. The monoisotopic (exact) mass is 513 g/mol. The summed E-state index contributed by atoms with van der Waals surface area (Å²) < 4.78 is 1.85. The van der Waals surface area contributed by atoms with Gasteiger partial charge in [-0.15, -0.1) is 4.68 Å². The molecule has 0 spiro atoms. The molecule has 0 unspecified atom stereocenters. The number of nitrogens with one attached hydrogen (secondary N) is 2. The van der Waals surface area contributed by atoms with Crippen molar-refractivity contribution in [3.05, 3.63) is 96.3 Å². The van der Waals surface area contributed by atoms with Crippen molar-refractivity contribution in [3.8, 4) is 5.69 Å². The molecule has 188 valence electrons. The Labute approximate surface area is 220 Å². The van der Waals surface area contributed by atoms with Gasteiger partial charge in [0.2, 0.25) is 12.2 Å². The second-order valence-electron chi connectivity index (χ2n) is 8.87. The van der Waals surface area contributed by atoms with Gasteiger partial charge in [-0.2, -0.15) is 5.10 Å². The first-order chi connectivity index (χ1) is 18.1. The Morgan fingerprint density at radius 3 is 2.46 bits per heavy atom. The van der Waals surface area contributed by atoms with Crippen LogP contribution in [0.1, 0.15) is 15.9 Å². The number of carbonyl (C=O) groups excluding carboxylic acids is 2. The average Bonchev–Trinajstić information content (AvgIpc) is 3.41. The van der Waals surface area contributed by atoms with Crippen molar-refractivity contribution >= 4 is 35.0 Å². The lowest BCUT2D eigenvalue weighted by Gasteiger charge is -2.36. The molecular formula is C28H29N6O2S+. The average molecular weight is 514 g/mol. The third-order valence-electron chi connectivity index (χ3n) is 6.25. The number of para-hydroxylation sites is 1. The number of rotatable bonds is 7. The molecule has 1 saturated heterocycles. The van der Waals surface area contributed by atoms with Crippen molar-refractivity contribution in [1.82, 2.24) is 15.0 Å². The van der Waals surface area contributed by atoms with Crippen LogP contribution in [0.5, 0.6) is 0 Å². The largest absolute Gasteiger partial charge is 0.385 e. The summed E-state index contributed by atoms with van der Waals surface area (Å²) in [6.07, 6.45) is 1.62. The predicted octanol–water partition coefficient (Wildman–Crippen LogP) is 3.69. The maximum absolute atomic E-state index is 12.8. The Hall–Kier alpha value is -4.11. The molecule has 1 aliphatic heterocycles. The third kappa shape index (κ3) is 6.00. The molecule has 3 aromatic carbocycles. The van der Waals surface area contributed by atoms with E-state index in [0.717, 1.165) is 46.4 Å². The molecule has 8 nitrogen and oxygen atoms in total. The summed E-state index contributed by atoms with van der Waals surface area (Å²) in [4.78, 5) is 33.9. The van der Waals surface area contributed by atoms with Crippen LogP contribution in [0.15, 0.2) is 90.3 Å². The van der Waals surface area contributed by atoms with Gasteiger partial charge in [0, 0.05) is 43.1 Å². The Bertz CT molecular complexity index is 1360. The summed E-state index contributed by atoms with van der Waals surface area (Å²) in [5.74, 6) is 0.239. The molecule has 2 N–H and O–H groups in total. The van der Waals surface area contributed by atoms with Crippen LogP contribution < -0.4 is 14.9 Å². The molecule has 2 amide bonds. The van der Waals surface area contributed by atoms with E-state index in [1.807, 2.05) is 95.4 Å². The maximum atomic E-state index is 12.8. The van der Waals surface area contributed by atoms with Crippen molar-refractivity contribution in [3.63, 3.8) is 0 Å².